The normalized spacial score (nSPS) is 10.4. The monoisotopic (exact) mass is 286 g/mol. The van der Waals surface area contributed by atoms with Crippen LogP contribution in [0.5, 0.6) is 0 Å². The number of aromatic nitrogens is 1. The lowest BCUT2D eigenvalue weighted by Gasteiger charge is -2.06. The zero-order chi connectivity index (χ0) is 14.4. The van der Waals surface area contributed by atoms with E-state index >= 15 is 0 Å². The van der Waals surface area contributed by atoms with Gasteiger partial charge >= 0.3 is 0 Å². The number of benzene rings is 1. The third-order valence-electron chi connectivity index (χ3n) is 2.51. The molecule has 0 aliphatic carbocycles. The zero-order valence-electron chi connectivity index (χ0n) is 10.5. The summed E-state index contributed by atoms with van der Waals surface area (Å²) in [5.41, 5.74) is 4.01. The molecule has 2 rings (SSSR count). The van der Waals surface area contributed by atoms with Crippen molar-refractivity contribution < 1.29 is 4.79 Å². The lowest BCUT2D eigenvalue weighted by molar-refractivity contribution is -0.120. The minimum Gasteiger partial charge on any atom is -0.316 e. The van der Waals surface area contributed by atoms with E-state index in [-0.39, 0.29) is 6.42 Å². The van der Waals surface area contributed by atoms with Crippen molar-refractivity contribution >= 4 is 23.7 Å². The van der Waals surface area contributed by atoms with Crippen molar-refractivity contribution in [3.63, 3.8) is 0 Å². The van der Waals surface area contributed by atoms with Crippen LogP contribution in [0.4, 0.5) is 0 Å². The predicted octanol–water partition coefficient (Wildman–Crippen LogP) is 2.49. The second kappa shape index (κ2) is 6.55. The Bertz CT molecular complexity index is 667. The molecule has 0 aliphatic heterocycles. The first-order valence-electron chi connectivity index (χ1n) is 5.83. The quantitative estimate of drug-likeness (QED) is 0.693. The molecular formula is C14H11ClN4O. The largest absolute Gasteiger partial charge is 0.316 e. The average molecular weight is 287 g/mol. The highest BCUT2D eigenvalue weighted by molar-refractivity contribution is 6.30. The van der Waals surface area contributed by atoms with Gasteiger partial charge in [0.25, 0.3) is 5.91 Å². The summed E-state index contributed by atoms with van der Waals surface area (Å²) in [5.74, 6) is -0.437. The van der Waals surface area contributed by atoms with E-state index < -0.39 is 5.91 Å². The highest BCUT2D eigenvalue weighted by Gasteiger charge is 2.01. The van der Waals surface area contributed by atoms with E-state index in [0.717, 1.165) is 11.4 Å². The van der Waals surface area contributed by atoms with Gasteiger partial charge in [-0.1, -0.05) is 11.6 Å². The molecule has 2 aromatic rings. The maximum absolute atomic E-state index is 11.1. The molecule has 1 aromatic heterocycles. The van der Waals surface area contributed by atoms with Crippen molar-refractivity contribution in [1.82, 2.24) is 9.99 Å². The van der Waals surface area contributed by atoms with Crippen LogP contribution in [-0.2, 0) is 4.79 Å². The van der Waals surface area contributed by atoms with Crippen LogP contribution in [0.2, 0.25) is 5.02 Å². The fourth-order valence-corrected chi connectivity index (χ4v) is 1.74. The number of rotatable bonds is 4. The topological polar surface area (TPSA) is 70.2 Å². The van der Waals surface area contributed by atoms with Crippen LogP contribution < -0.4 is 5.43 Å². The van der Waals surface area contributed by atoms with Crippen molar-refractivity contribution in [2.45, 2.75) is 6.42 Å². The van der Waals surface area contributed by atoms with Gasteiger partial charge in [-0.3, -0.25) is 4.79 Å². The molecule has 6 heteroatoms. The van der Waals surface area contributed by atoms with E-state index in [1.807, 2.05) is 35.0 Å². The predicted molar refractivity (Wildman–Crippen MR) is 76.7 cm³/mol. The van der Waals surface area contributed by atoms with Crippen LogP contribution >= 0.6 is 11.6 Å². The number of amides is 1. The van der Waals surface area contributed by atoms with Crippen molar-refractivity contribution in [3.8, 4) is 11.8 Å². The van der Waals surface area contributed by atoms with Gasteiger partial charge in [-0.25, -0.2) is 5.43 Å². The second-order valence-electron chi connectivity index (χ2n) is 3.91. The van der Waals surface area contributed by atoms with Gasteiger partial charge < -0.3 is 4.57 Å². The minimum absolute atomic E-state index is 0.213. The van der Waals surface area contributed by atoms with Crippen molar-refractivity contribution in [1.29, 1.82) is 5.26 Å². The number of hydrazone groups is 1. The molecule has 1 aromatic carbocycles. The number of carbonyl (C=O) groups is 1. The lowest BCUT2D eigenvalue weighted by Crippen LogP contribution is -2.16. The number of hydrogen-bond acceptors (Lipinski definition) is 3. The SMILES string of the molecule is N#CCC(=O)N/N=C/c1cccn1-c1ccc(Cl)cc1. The molecule has 0 aliphatic rings. The molecular weight excluding hydrogens is 276 g/mol. The molecule has 0 unspecified atom stereocenters. The zero-order valence-corrected chi connectivity index (χ0v) is 11.2. The van der Waals surface area contributed by atoms with E-state index in [1.54, 1.807) is 18.2 Å². The summed E-state index contributed by atoms with van der Waals surface area (Å²) in [4.78, 5) is 11.1. The van der Waals surface area contributed by atoms with Crippen molar-refractivity contribution in [2.24, 2.45) is 5.10 Å². The number of hydrogen-bond donors (Lipinski definition) is 1. The van der Waals surface area contributed by atoms with Crippen molar-refractivity contribution in [2.75, 3.05) is 0 Å². The maximum atomic E-state index is 11.1. The van der Waals surface area contributed by atoms with Crippen LogP contribution in [0.1, 0.15) is 12.1 Å². The molecule has 0 radical (unpaired) electrons. The first-order valence-corrected chi connectivity index (χ1v) is 6.20. The summed E-state index contributed by atoms with van der Waals surface area (Å²) in [7, 11) is 0. The number of halogens is 1. The Kier molecular flexibility index (Phi) is 4.53. The molecule has 1 heterocycles. The highest BCUT2D eigenvalue weighted by Crippen LogP contribution is 2.15. The number of nitriles is 1. The molecule has 0 spiro atoms. The third kappa shape index (κ3) is 3.46. The van der Waals surface area contributed by atoms with Gasteiger partial charge in [-0.05, 0) is 36.4 Å². The van der Waals surface area contributed by atoms with Gasteiger partial charge in [0.2, 0.25) is 0 Å². The molecule has 100 valence electrons. The van der Waals surface area contributed by atoms with Gasteiger partial charge in [-0.2, -0.15) is 10.4 Å². The Morgan fingerprint density at radius 2 is 2.15 bits per heavy atom. The van der Waals surface area contributed by atoms with E-state index in [2.05, 4.69) is 10.5 Å². The summed E-state index contributed by atoms with van der Waals surface area (Å²) in [6.45, 7) is 0. The summed E-state index contributed by atoms with van der Waals surface area (Å²) in [6, 6.07) is 12.8. The van der Waals surface area contributed by atoms with Gasteiger partial charge in [0.1, 0.15) is 6.42 Å². The highest BCUT2D eigenvalue weighted by atomic mass is 35.5. The van der Waals surface area contributed by atoms with Gasteiger partial charge in [0.05, 0.1) is 18.0 Å². The van der Waals surface area contributed by atoms with Crippen LogP contribution in [-0.4, -0.2) is 16.7 Å². The van der Waals surface area contributed by atoms with E-state index in [1.165, 1.54) is 6.21 Å². The summed E-state index contributed by atoms with van der Waals surface area (Å²) in [5, 5.41) is 12.8. The molecule has 20 heavy (non-hydrogen) atoms. The first kappa shape index (κ1) is 13.8. The van der Waals surface area contributed by atoms with Gasteiger partial charge in [0, 0.05) is 16.9 Å². The van der Waals surface area contributed by atoms with E-state index in [9.17, 15) is 4.79 Å². The summed E-state index contributed by atoms with van der Waals surface area (Å²) >= 11 is 5.85. The molecule has 5 nitrogen and oxygen atoms in total. The Balaban J connectivity index is 2.13. The molecule has 0 fully saturated rings. The average Bonchev–Trinajstić information content (AvgIpc) is 2.88. The maximum Gasteiger partial charge on any atom is 0.254 e. The minimum atomic E-state index is -0.437. The van der Waals surface area contributed by atoms with Gasteiger partial charge in [-0.15, -0.1) is 0 Å². The second-order valence-corrected chi connectivity index (χ2v) is 4.34. The number of nitrogens with one attached hydrogen (secondary N) is 1. The molecule has 0 saturated carbocycles. The standard InChI is InChI=1S/C14H11ClN4O/c15-11-3-5-12(6-4-11)19-9-1-2-13(19)10-17-18-14(20)7-8-16/h1-6,9-10H,7H2,(H,18,20)/b17-10+. The fourth-order valence-electron chi connectivity index (χ4n) is 1.62. The Morgan fingerprint density at radius 3 is 2.85 bits per heavy atom. The third-order valence-corrected chi connectivity index (χ3v) is 2.76. The van der Waals surface area contributed by atoms with Crippen LogP contribution in [0, 0.1) is 11.3 Å². The molecule has 0 bridgehead atoms. The molecule has 1 amide bonds. The lowest BCUT2D eigenvalue weighted by atomic mass is 10.3. The van der Waals surface area contributed by atoms with Crippen molar-refractivity contribution in [3.05, 3.63) is 53.3 Å². The molecule has 0 saturated heterocycles. The molecule has 1 N–H and O–H groups in total. The molecule has 0 atom stereocenters. The first-order chi connectivity index (χ1) is 9.70. The smallest absolute Gasteiger partial charge is 0.254 e. The van der Waals surface area contributed by atoms with Crippen LogP contribution in [0.3, 0.4) is 0 Å². The summed E-state index contributed by atoms with van der Waals surface area (Å²) < 4.78 is 1.90. The Morgan fingerprint density at radius 1 is 1.40 bits per heavy atom. The number of carbonyl (C=O) groups excluding carboxylic acids is 1. The summed E-state index contributed by atoms with van der Waals surface area (Å²) in [6.07, 6.45) is 3.18. The Labute approximate surface area is 121 Å². The van der Waals surface area contributed by atoms with Crippen LogP contribution in [0.15, 0.2) is 47.7 Å². The fraction of sp³-hybridized carbons (Fsp3) is 0.0714. The van der Waals surface area contributed by atoms with Gasteiger partial charge in [0.15, 0.2) is 0 Å². The number of nitrogens with zero attached hydrogens (tertiary/aromatic N) is 3. The van der Waals surface area contributed by atoms with Crippen LogP contribution in [0.25, 0.3) is 5.69 Å². The Hall–Kier alpha value is -2.58. The van der Waals surface area contributed by atoms with E-state index in [4.69, 9.17) is 16.9 Å². The van der Waals surface area contributed by atoms with E-state index in [0.29, 0.717) is 5.02 Å².